The fourth-order valence-corrected chi connectivity index (χ4v) is 4.41. The summed E-state index contributed by atoms with van der Waals surface area (Å²) in [4.78, 5) is 0.322. The van der Waals surface area contributed by atoms with Gasteiger partial charge in [0.15, 0.2) is 0 Å². The first-order valence-corrected chi connectivity index (χ1v) is 10.1. The molecule has 7 nitrogen and oxygen atoms in total. The summed E-state index contributed by atoms with van der Waals surface area (Å²) in [6.45, 7) is 2.82. The van der Waals surface area contributed by atoms with Gasteiger partial charge in [-0.15, -0.1) is 10.2 Å². The first kappa shape index (κ1) is 18.6. The molecule has 140 valence electrons. The van der Waals surface area contributed by atoms with Crippen LogP contribution in [-0.4, -0.2) is 49.2 Å². The molecule has 0 saturated carbocycles. The Morgan fingerprint density at radius 1 is 1.12 bits per heavy atom. The Labute approximate surface area is 154 Å². The van der Waals surface area contributed by atoms with Gasteiger partial charge in [-0.05, 0) is 30.5 Å². The first-order valence-electron chi connectivity index (χ1n) is 8.66. The molecule has 0 bridgehead atoms. The molecule has 3 rings (SSSR count). The van der Waals surface area contributed by atoms with Crippen molar-refractivity contribution in [3.05, 3.63) is 42.0 Å². The van der Waals surface area contributed by atoms with E-state index in [0.29, 0.717) is 36.2 Å². The van der Waals surface area contributed by atoms with Crippen LogP contribution in [0.1, 0.15) is 25.3 Å². The van der Waals surface area contributed by atoms with Crippen LogP contribution in [0.4, 0.5) is 0 Å². The van der Waals surface area contributed by atoms with Crippen molar-refractivity contribution in [2.75, 3.05) is 20.2 Å². The van der Waals surface area contributed by atoms with E-state index >= 15 is 0 Å². The molecular weight excluding hydrogens is 354 g/mol. The van der Waals surface area contributed by atoms with Crippen LogP contribution in [-0.2, 0) is 16.4 Å². The van der Waals surface area contributed by atoms with E-state index < -0.39 is 10.0 Å². The Hall–Kier alpha value is -2.19. The lowest BCUT2D eigenvalue weighted by atomic mass is 10.1. The molecule has 2 aromatic rings. The predicted octanol–water partition coefficient (Wildman–Crippen LogP) is 2.28. The number of methoxy groups -OCH3 is 1. The summed E-state index contributed by atoms with van der Waals surface area (Å²) in [7, 11) is -2.00. The van der Waals surface area contributed by atoms with Crippen molar-refractivity contribution in [3.8, 4) is 11.8 Å². The molecule has 0 radical (unpaired) electrons. The van der Waals surface area contributed by atoms with E-state index in [4.69, 9.17) is 9.47 Å². The summed E-state index contributed by atoms with van der Waals surface area (Å²) in [5.74, 6) is 0.762. The number of aromatic nitrogens is 2. The summed E-state index contributed by atoms with van der Waals surface area (Å²) < 4.78 is 37.8. The summed E-state index contributed by atoms with van der Waals surface area (Å²) in [5.41, 5.74) is 1.15. The van der Waals surface area contributed by atoms with Gasteiger partial charge in [-0.25, -0.2) is 8.42 Å². The molecule has 1 saturated heterocycles. The van der Waals surface area contributed by atoms with Crippen molar-refractivity contribution in [3.63, 3.8) is 0 Å². The number of sulfonamides is 1. The largest absolute Gasteiger partial charge is 0.480 e. The molecule has 26 heavy (non-hydrogen) atoms. The fraction of sp³-hybridized carbons (Fsp3) is 0.444. The topological polar surface area (TPSA) is 81.6 Å². The second-order valence-electron chi connectivity index (χ2n) is 6.20. The molecule has 2 heterocycles. The van der Waals surface area contributed by atoms with Gasteiger partial charge in [-0.3, -0.25) is 0 Å². The number of aryl methyl sites for hydroxylation is 1. The number of hydrogen-bond donors (Lipinski definition) is 0. The highest BCUT2D eigenvalue weighted by Gasteiger charge is 2.33. The molecule has 1 aliphatic rings. The number of rotatable bonds is 7. The van der Waals surface area contributed by atoms with Gasteiger partial charge in [0.05, 0.1) is 18.6 Å². The minimum absolute atomic E-state index is 0.244. The van der Waals surface area contributed by atoms with Crippen LogP contribution >= 0.6 is 0 Å². The second kappa shape index (κ2) is 8.01. The summed E-state index contributed by atoms with van der Waals surface area (Å²) in [6, 6.07) is 10.5. The van der Waals surface area contributed by atoms with Crippen LogP contribution in [0, 0.1) is 0 Å². The van der Waals surface area contributed by atoms with Crippen LogP contribution in [0.5, 0.6) is 11.8 Å². The van der Waals surface area contributed by atoms with Gasteiger partial charge in [-0.2, -0.15) is 4.31 Å². The standard InChI is InChI=1S/C18H23N3O4S/c1-3-4-14-5-7-16(8-6-14)26(22,23)21-12-11-15(13-21)25-18-10-9-17(24-2)19-20-18/h5-10,15H,3-4,11-13H2,1-2H3. The summed E-state index contributed by atoms with van der Waals surface area (Å²) >= 11 is 0. The molecule has 1 aromatic heterocycles. The highest BCUT2D eigenvalue weighted by molar-refractivity contribution is 7.89. The zero-order chi connectivity index (χ0) is 18.6. The van der Waals surface area contributed by atoms with Gasteiger partial charge in [0.1, 0.15) is 6.10 Å². The van der Waals surface area contributed by atoms with E-state index in [1.165, 1.54) is 11.4 Å². The SMILES string of the molecule is CCCc1ccc(S(=O)(=O)N2CCC(Oc3ccc(OC)nn3)C2)cc1. The van der Waals surface area contributed by atoms with Gasteiger partial charge in [0, 0.05) is 18.7 Å². The van der Waals surface area contributed by atoms with E-state index in [0.717, 1.165) is 18.4 Å². The summed E-state index contributed by atoms with van der Waals surface area (Å²) in [6.07, 6.45) is 2.35. The zero-order valence-electron chi connectivity index (χ0n) is 15.0. The molecule has 1 fully saturated rings. The monoisotopic (exact) mass is 377 g/mol. The fourth-order valence-electron chi connectivity index (χ4n) is 2.93. The molecule has 1 aromatic carbocycles. The van der Waals surface area contributed by atoms with Gasteiger partial charge >= 0.3 is 0 Å². The number of nitrogens with zero attached hydrogens (tertiary/aromatic N) is 3. The molecule has 1 atom stereocenters. The molecule has 0 N–H and O–H groups in total. The Morgan fingerprint density at radius 3 is 2.42 bits per heavy atom. The van der Waals surface area contributed by atoms with E-state index in [1.807, 2.05) is 12.1 Å². The Morgan fingerprint density at radius 2 is 1.81 bits per heavy atom. The summed E-state index contributed by atoms with van der Waals surface area (Å²) in [5, 5.41) is 7.77. The lowest BCUT2D eigenvalue weighted by Gasteiger charge is -2.17. The van der Waals surface area contributed by atoms with Crippen molar-refractivity contribution in [1.82, 2.24) is 14.5 Å². The number of benzene rings is 1. The Kier molecular flexibility index (Phi) is 5.73. The molecule has 1 unspecified atom stereocenters. The maximum absolute atomic E-state index is 12.8. The average Bonchev–Trinajstić information content (AvgIpc) is 3.12. The quantitative estimate of drug-likeness (QED) is 0.736. The number of hydrogen-bond acceptors (Lipinski definition) is 6. The maximum Gasteiger partial charge on any atom is 0.243 e. The molecule has 0 aliphatic carbocycles. The lowest BCUT2D eigenvalue weighted by molar-refractivity contribution is 0.203. The van der Waals surface area contributed by atoms with Crippen LogP contribution in [0.3, 0.4) is 0 Å². The molecular formula is C18H23N3O4S. The average molecular weight is 377 g/mol. The second-order valence-corrected chi connectivity index (χ2v) is 8.14. The van der Waals surface area contributed by atoms with Crippen molar-refractivity contribution in [2.24, 2.45) is 0 Å². The van der Waals surface area contributed by atoms with Crippen molar-refractivity contribution in [2.45, 2.75) is 37.2 Å². The smallest absolute Gasteiger partial charge is 0.243 e. The normalized spacial score (nSPS) is 18.0. The predicted molar refractivity (Wildman–Crippen MR) is 96.8 cm³/mol. The Bertz CT molecular complexity index is 823. The van der Waals surface area contributed by atoms with Crippen LogP contribution in [0.2, 0.25) is 0 Å². The van der Waals surface area contributed by atoms with Crippen LogP contribution < -0.4 is 9.47 Å². The van der Waals surface area contributed by atoms with Gasteiger partial charge < -0.3 is 9.47 Å². The minimum atomic E-state index is -3.51. The van der Waals surface area contributed by atoms with Crippen LogP contribution in [0.15, 0.2) is 41.3 Å². The molecule has 0 spiro atoms. The van der Waals surface area contributed by atoms with Crippen molar-refractivity contribution in [1.29, 1.82) is 0 Å². The van der Waals surface area contributed by atoms with Gasteiger partial charge in [0.25, 0.3) is 0 Å². The minimum Gasteiger partial charge on any atom is -0.480 e. The zero-order valence-corrected chi connectivity index (χ0v) is 15.8. The number of ether oxygens (including phenoxy) is 2. The molecule has 8 heteroatoms. The van der Waals surface area contributed by atoms with E-state index in [-0.39, 0.29) is 6.10 Å². The Balaban J connectivity index is 1.64. The third-order valence-electron chi connectivity index (χ3n) is 4.32. The highest BCUT2D eigenvalue weighted by atomic mass is 32.2. The van der Waals surface area contributed by atoms with Crippen molar-refractivity contribution >= 4 is 10.0 Å². The van der Waals surface area contributed by atoms with E-state index in [1.54, 1.807) is 24.3 Å². The van der Waals surface area contributed by atoms with Gasteiger partial charge in [0.2, 0.25) is 21.8 Å². The van der Waals surface area contributed by atoms with Gasteiger partial charge in [-0.1, -0.05) is 25.5 Å². The highest BCUT2D eigenvalue weighted by Crippen LogP contribution is 2.24. The third kappa shape index (κ3) is 4.13. The van der Waals surface area contributed by atoms with Crippen molar-refractivity contribution < 1.29 is 17.9 Å². The molecule has 0 amide bonds. The maximum atomic E-state index is 12.8. The van der Waals surface area contributed by atoms with E-state index in [2.05, 4.69) is 17.1 Å². The lowest BCUT2D eigenvalue weighted by Crippen LogP contribution is -2.31. The van der Waals surface area contributed by atoms with Crippen LogP contribution in [0.25, 0.3) is 0 Å². The first-order chi connectivity index (χ1) is 12.5. The molecule has 1 aliphatic heterocycles. The third-order valence-corrected chi connectivity index (χ3v) is 6.20. The van der Waals surface area contributed by atoms with E-state index in [9.17, 15) is 8.42 Å².